The van der Waals surface area contributed by atoms with Crippen molar-refractivity contribution in [3.8, 4) is 10.6 Å². The van der Waals surface area contributed by atoms with Gasteiger partial charge in [0.05, 0.1) is 10.6 Å². The Kier molecular flexibility index (Phi) is 2.14. The fourth-order valence-corrected chi connectivity index (χ4v) is 2.94. The van der Waals surface area contributed by atoms with Crippen LogP contribution in [0, 0.1) is 0 Å². The van der Waals surface area contributed by atoms with Crippen molar-refractivity contribution in [3.05, 3.63) is 40.2 Å². The summed E-state index contributed by atoms with van der Waals surface area (Å²) in [5, 5.41) is 1.38. The predicted molar refractivity (Wildman–Crippen MR) is 65.0 cm³/mol. The lowest BCUT2D eigenvalue weighted by atomic mass is 10.2. The molecule has 0 aliphatic heterocycles. The van der Waals surface area contributed by atoms with Gasteiger partial charge >= 0.3 is 0 Å². The Balaban J connectivity index is 2.20. The first kappa shape index (κ1) is 8.86. The van der Waals surface area contributed by atoms with Crippen LogP contribution in [-0.4, -0.2) is 4.98 Å². The second kappa shape index (κ2) is 3.63. The molecule has 1 nitrogen and oxygen atoms in total. The van der Waals surface area contributed by atoms with E-state index < -0.39 is 0 Å². The maximum atomic E-state index is 4.38. The molecule has 2 heteroatoms. The molecule has 15 heavy (non-hydrogen) atoms. The number of pyridine rings is 1. The van der Waals surface area contributed by atoms with Crippen LogP contribution in [0.15, 0.2) is 30.5 Å². The predicted octanol–water partition coefficient (Wildman–Crippen LogP) is 2.16. The van der Waals surface area contributed by atoms with Gasteiger partial charge in [-0.05, 0) is 36.3 Å². The normalized spacial score (nSPS) is 13.9. The molecule has 1 aliphatic rings. The lowest BCUT2D eigenvalue weighted by Crippen LogP contribution is -2.19. The summed E-state index contributed by atoms with van der Waals surface area (Å²) in [6.45, 7) is 0. The molecule has 0 radical (unpaired) electrons. The van der Waals surface area contributed by atoms with Gasteiger partial charge in [0, 0.05) is 10.7 Å². The molecule has 0 fully saturated rings. The van der Waals surface area contributed by atoms with E-state index in [-0.39, 0.29) is 0 Å². The molecule has 0 N–H and O–H groups in total. The van der Waals surface area contributed by atoms with Crippen molar-refractivity contribution in [1.29, 1.82) is 0 Å². The molecule has 0 bridgehead atoms. The SMILES string of the molecule is C1=c2cc(-c3ccccn3)sc2=CCC1. The van der Waals surface area contributed by atoms with E-state index in [1.165, 1.54) is 27.5 Å². The third kappa shape index (κ3) is 1.61. The lowest BCUT2D eigenvalue weighted by molar-refractivity contribution is 1.13. The van der Waals surface area contributed by atoms with Gasteiger partial charge in [-0.25, -0.2) is 0 Å². The van der Waals surface area contributed by atoms with E-state index in [1.54, 1.807) is 0 Å². The first-order valence-corrected chi connectivity index (χ1v) is 5.97. The van der Waals surface area contributed by atoms with Crippen LogP contribution in [0.4, 0.5) is 0 Å². The summed E-state index contributed by atoms with van der Waals surface area (Å²) in [4.78, 5) is 5.65. The fourth-order valence-electron chi connectivity index (χ4n) is 1.83. The van der Waals surface area contributed by atoms with Crippen molar-refractivity contribution < 1.29 is 0 Å². The highest BCUT2D eigenvalue weighted by atomic mass is 32.1. The Labute approximate surface area is 92.4 Å². The first-order valence-electron chi connectivity index (χ1n) is 5.15. The van der Waals surface area contributed by atoms with Gasteiger partial charge in [-0.15, -0.1) is 11.3 Å². The minimum absolute atomic E-state index is 1.08. The van der Waals surface area contributed by atoms with Crippen molar-refractivity contribution in [2.75, 3.05) is 0 Å². The summed E-state index contributed by atoms with van der Waals surface area (Å²) in [7, 11) is 0. The smallest absolute Gasteiger partial charge is 0.0802 e. The molecule has 0 saturated carbocycles. The van der Waals surface area contributed by atoms with E-state index in [4.69, 9.17) is 0 Å². The van der Waals surface area contributed by atoms with E-state index in [0.29, 0.717) is 0 Å². The number of aromatic nitrogens is 1. The molecular weight excluding hydrogens is 202 g/mol. The highest BCUT2D eigenvalue weighted by Gasteiger charge is 2.03. The Morgan fingerprint density at radius 3 is 2.87 bits per heavy atom. The summed E-state index contributed by atoms with van der Waals surface area (Å²) in [6.07, 6.45) is 8.84. The van der Waals surface area contributed by atoms with E-state index in [0.717, 1.165) is 5.69 Å². The van der Waals surface area contributed by atoms with Crippen molar-refractivity contribution in [1.82, 2.24) is 4.98 Å². The Morgan fingerprint density at radius 1 is 1.13 bits per heavy atom. The van der Waals surface area contributed by atoms with Crippen LogP contribution < -0.4 is 9.75 Å². The van der Waals surface area contributed by atoms with Crippen LogP contribution in [0.1, 0.15) is 12.8 Å². The third-order valence-electron chi connectivity index (χ3n) is 2.57. The molecule has 0 amide bonds. The Bertz CT molecular complexity index is 547. The first-order chi connectivity index (χ1) is 7.43. The molecule has 74 valence electrons. The van der Waals surface area contributed by atoms with Gasteiger partial charge in [0.1, 0.15) is 0 Å². The van der Waals surface area contributed by atoms with Gasteiger partial charge in [0.25, 0.3) is 0 Å². The van der Waals surface area contributed by atoms with Crippen LogP contribution in [0.2, 0.25) is 0 Å². The summed E-state index contributed by atoms with van der Waals surface area (Å²) < 4.78 is 1.40. The van der Waals surface area contributed by atoms with Gasteiger partial charge in [0.2, 0.25) is 0 Å². The Morgan fingerprint density at radius 2 is 2.07 bits per heavy atom. The molecule has 1 aliphatic carbocycles. The minimum atomic E-state index is 1.08. The molecule has 2 aromatic rings. The van der Waals surface area contributed by atoms with Crippen molar-refractivity contribution in [2.45, 2.75) is 12.8 Å². The number of rotatable bonds is 1. The largest absolute Gasteiger partial charge is 0.255 e. The van der Waals surface area contributed by atoms with E-state index in [1.807, 2.05) is 29.7 Å². The topological polar surface area (TPSA) is 12.9 Å². The van der Waals surface area contributed by atoms with E-state index in [9.17, 15) is 0 Å². The minimum Gasteiger partial charge on any atom is -0.255 e. The monoisotopic (exact) mass is 213 g/mol. The number of nitrogens with zero attached hydrogens (tertiary/aromatic N) is 1. The molecule has 2 heterocycles. The second-order valence-corrected chi connectivity index (χ2v) is 4.71. The maximum absolute atomic E-state index is 4.38. The summed E-state index contributed by atoms with van der Waals surface area (Å²) in [6, 6.07) is 8.30. The summed E-state index contributed by atoms with van der Waals surface area (Å²) in [5.74, 6) is 0. The van der Waals surface area contributed by atoms with Gasteiger partial charge < -0.3 is 0 Å². The van der Waals surface area contributed by atoms with Crippen LogP contribution in [0.3, 0.4) is 0 Å². The average molecular weight is 213 g/mol. The van der Waals surface area contributed by atoms with E-state index in [2.05, 4.69) is 29.3 Å². The van der Waals surface area contributed by atoms with E-state index >= 15 is 0 Å². The second-order valence-electron chi connectivity index (χ2n) is 3.63. The van der Waals surface area contributed by atoms with Crippen molar-refractivity contribution in [3.63, 3.8) is 0 Å². The van der Waals surface area contributed by atoms with Crippen LogP contribution >= 0.6 is 11.3 Å². The molecule has 3 rings (SSSR count). The fraction of sp³-hybridized carbons (Fsp3) is 0.154. The lowest BCUT2D eigenvalue weighted by Gasteiger charge is -1.92. The average Bonchev–Trinajstić information content (AvgIpc) is 2.74. The molecule has 0 atom stereocenters. The zero-order chi connectivity index (χ0) is 10.1. The highest BCUT2D eigenvalue weighted by Crippen LogP contribution is 2.17. The quantitative estimate of drug-likeness (QED) is 0.707. The van der Waals surface area contributed by atoms with Gasteiger partial charge in [-0.2, -0.15) is 0 Å². The zero-order valence-corrected chi connectivity index (χ0v) is 9.13. The number of hydrogen-bond acceptors (Lipinski definition) is 2. The number of hydrogen-bond donors (Lipinski definition) is 0. The van der Waals surface area contributed by atoms with Crippen LogP contribution in [0.5, 0.6) is 0 Å². The van der Waals surface area contributed by atoms with Gasteiger partial charge in [0.15, 0.2) is 0 Å². The number of thiophene rings is 1. The zero-order valence-electron chi connectivity index (χ0n) is 8.31. The standard InChI is InChI=1S/C13H11NS/c1-2-7-12-10(5-1)9-13(15-12)11-6-3-4-8-14-11/h3-9H,1-2H2. The maximum Gasteiger partial charge on any atom is 0.0802 e. The Hall–Kier alpha value is -1.41. The van der Waals surface area contributed by atoms with Crippen LogP contribution in [-0.2, 0) is 0 Å². The molecule has 0 spiro atoms. The molecule has 0 unspecified atom stereocenters. The molecule has 2 aromatic heterocycles. The van der Waals surface area contributed by atoms with Gasteiger partial charge in [-0.3, -0.25) is 4.98 Å². The molecular formula is C13H11NS. The summed E-state index contributed by atoms with van der Waals surface area (Å²) >= 11 is 1.84. The van der Waals surface area contributed by atoms with Crippen molar-refractivity contribution in [2.24, 2.45) is 0 Å². The van der Waals surface area contributed by atoms with Crippen molar-refractivity contribution >= 4 is 23.5 Å². The van der Waals surface area contributed by atoms with Crippen LogP contribution in [0.25, 0.3) is 22.7 Å². The highest BCUT2D eigenvalue weighted by molar-refractivity contribution is 7.13. The van der Waals surface area contributed by atoms with Gasteiger partial charge in [-0.1, -0.05) is 18.2 Å². The molecule has 0 saturated heterocycles. The third-order valence-corrected chi connectivity index (χ3v) is 3.74. The molecule has 0 aromatic carbocycles. The summed E-state index contributed by atoms with van der Waals surface area (Å²) in [5.41, 5.74) is 1.08. The number of fused-ring (bicyclic) bond motifs is 1.